The molecule has 1 aliphatic rings. The Bertz CT molecular complexity index is 628. The molecule has 0 saturated heterocycles. The standard InChI is InChI=1S/C15H13NO/c16-15(17)13-7-3-6-12-8-10-4-1-2-5-11(10)9-14(12)13/h1-6,8-9,13H,7H2,(H2,16,17). The molecule has 0 heterocycles. The highest BCUT2D eigenvalue weighted by Crippen LogP contribution is 2.32. The van der Waals surface area contributed by atoms with Crippen LogP contribution in [0.1, 0.15) is 23.5 Å². The first-order valence-corrected chi connectivity index (χ1v) is 5.74. The van der Waals surface area contributed by atoms with Gasteiger partial charge in [-0.05, 0) is 40.5 Å². The molecule has 1 unspecified atom stereocenters. The quantitative estimate of drug-likeness (QED) is 0.793. The molecule has 0 bridgehead atoms. The van der Waals surface area contributed by atoms with Gasteiger partial charge in [0.15, 0.2) is 0 Å². The Morgan fingerprint density at radius 2 is 1.88 bits per heavy atom. The molecule has 84 valence electrons. The number of hydrogen-bond acceptors (Lipinski definition) is 1. The molecule has 1 amide bonds. The molecule has 2 N–H and O–H groups in total. The molecular formula is C15H13NO. The summed E-state index contributed by atoms with van der Waals surface area (Å²) >= 11 is 0. The van der Waals surface area contributed by atoms with E-state index in [-0.39, 0.29) is 11.8 Å². The molecule has 3 rings (SSSR count). The fourth-order valence-electron chi connectivity index (χ4n) is 2.45. The van der Waals surface area contributed by atoms with Gasteiger partial charge in [0, 0.05) is 0 Å². The SMILES string of the molecule is NC(=O)C1CC=Cc2cc3ccccc3cc21. The average molecular weight is 223 g/mol. The third-order valence-corrected chi connectivity index (χ3v) is 3.34. The number of primary amides is 1. The van der Waals surface area contributed by atoms with E-state index in [0.717, 1.165) is 16.5 Å². The maximum absolute atomic E-state index is 11.4. The Balaban J connectivity index is 2.27. The predicted molar refractivity (Wildman–Crippen MR) is 69.5 cm³/mol. The number of rotatable bonds is 1. The summed E-state index contributed by atoms with van der Waals surface area (Å²) in [6, 6.07) is 12.4. The fraction of sp³-hybridized carbons (Fsp3) is 0.133. The van der Waals surface area contributed by atoms with Crippen LogP contribution in [-0.4, -0.2) is 5.91 Å². The van der Waals surface area contributed by atoms with Crippen molar-refractivity contribution in [2.24, 2.45) is 5.73 Å². The second-order valence-electron chi connectivity index (χ2n) is 4.42. The Morgan fingerprint density at radius 3 is 2.59 bits per heavy atom. The van der Waals surface area contributed by atoms with Crippen molar-refractivity contribution in [3.8, 4) is 0 Å². The first kappa shape index (κ1) is 10.1. The van der Waals surface area contributed by atoms with Crippen LogP contribution in [0.2, 0.25) is 0 Å². The number of hydrogen-bond donors (Lipinski definition) is 1. The summed E-state index contributed by atoms with van der Waals surface area (Å²) < 4.78 is 0. The van der Waals surface area contributed by atoms with Crippen molar-refractivity contribution in [1.29, 1.82) is 0 Å². The summed E-state index contributed by atoms with van der Waals surface area (Å²) in [6.07, 6.45) is 4.80. The molecule has 17 heavy (non-hydrogen) atoms. The van der Waals surface area contributed by atoms with Crippen molar-refractivity contribution in [1.82, 2.24) is 0 Å². The molecule has 1 aliphatic carbocycles. The molecule has 0 spiro atoms. The lowest BCUT2D eigenvalue weighted by atomic mass is 9.85. The second kappa shape index (κ2) is 3.74. The molecule has 0 saturated carbocycles. The molecule has 2 nitrogen and oxygen atoms in total. The van der Waals surface area contributed by atoms with E-state index in [1.165, 1.54) is 5.39 Å². The maximum atomic E-state index is 11.4. The molecule has 0 fully saturated rings. The minimum absolute atomic E-state index is 0.181. The number of amides is 1. The van der Waals surface area contributed by atoms with E-state index >= 15 is 0 Å². The van der Waals surface area contributed by atoms with Crippen LogP contribution in [0.4, 0.5) is 0 Å². The van der Waals surface area contributed by atoms with Crippen LogP contribution < -0.4 is 5.73 Å². The van der Waals surface area contributed by atoms with Gasteiger partial charge in [-0.2, -0.15) is 0 Å². The van der Waals surface area contributed by atoms with Crippen LogP contribution in [0.5, 0.6) is 0 Å². The van der Waals surface area contributed by atoms with E-state index in [9.17, 15) is 4.79 Å². The van der Waals surface area contributed by atoms with Gasteiger partial charge in [0.1, 0.15) is 0 Å². The van der Waals surface area contributed by atoms with Crippen molar-refractivity contribution < 1.29 is 4.79 Å². The van der Waals surface area contributed by atoms with Gasteiger partial charge in [0.25, 0.3) is 0 Å². The van der Waals surface area contributed by atoms with Gasteiger partial charge in [-0.15, -0.1) is 0 Å². The zero-order chi connectivity index (χ0) is 11.8. The summed E-state index contributed by atoms with van der Waals surface area (Å²) in [4.78, 5) is 11.4. The molecule has 0 radical (unpaired) electrons. The van der Waals surface area contributed by atoms with Gasteiger partial charge in [0.2, 0.25) is 5.91 Å². The van der Waals surface area contributed by atoms with Gasteiger partial charge in [0.05, 0.1) is 5.92 Å². The van der Waals surface area contributed by atoms with Crippen LogP contribution in [0.3, 0.4) is 0 Å². The van der Waals surface area contributed by atoms with E-state index in [1.54, 1.807) is 0 Å². The highest BCUT2D eigenvalue weighted by atomic mass is 16.1. The first-order chi connectivity index (χ1) is 8.25. The van der Waals surface area contributed by atoms with E-state index in [0.29, 0.717) is 6.42 Å². The van der Waals surface area contributed by atoms with E-state index in [4.69, 9.17) is 5.73 Å². The normalized spacial score (nSPS) is 18.0. The summed E-state index contributed by atoms with van der Waals surface area (Å²) in [5.74, 6) is -0.425. The lowest BCUT2D eigenvalue weighted by molar-refractivity contribution is -0.119. The van der Waals surface area contributed by atoms with Crippen LogP contribution >= 0.6 is 0 Å². The lowest BCUT2D eigenvalue weighted by Crippen LogP contribution is -2.22. The molecule has 1 atom stereocenters. The summed E-state index contributed by atoms with van der Waals surface area (Å²) in [7, 11) is 0. The fourth-order valence-corrected chi connectivity index (χ4v) is 2.45. The summed E-state index contributed by atoms with van der Waals surface area (Å²) in [5.41, 5.74) is 7.62. The van der Waals surface area contributed by atoms with Gasteiger partial charge in [-0.25, -0.2) is 0 Å². The van der Waals surface area contributed by atoms with E-state index in [2.05, 4.69) is 30.3 Å². The highest BCUT2D eigenvalue weighted by molar-refractivity contribution is 5.91. The largest absolute Gasteiger partial charge is 0.369 e. The number of fused-ring (bicyclic) bond motifs is 2. The molecule has 2 aromatic carbocycles. The Morgan fingerprint density at radius 1 is 1.18 bits per heavy atom. The Labute approximate surface area is 99.7 Å². The van der Waals surface area contributed by atoms with Crippen molar-refractivity contribution in [3.63, 3.8) is 0 Å². The zero-order valence-corrected chi connectivity index (χ0v) is 9.39. The van der Waals surface area contributed by atoms with Gasteiger partial charge in [-0.3, -0.25) is 4.79 Å². The minimum Gasteiger partial charge on any atom is -0.369 e. The van der Waals surface area contributed by atoms with Crippen LogP contribution in [0, 0.1) is 0 Å². The van der Waals surface area contributed by atoms with Gasteiger partial charge < -0.3 is 5.73 Å². The van der Waals surface area contributed by atoms with Crippen molar-refractivity contribution in [2.75, 3.05) is 0 Å². The molecule has 2 aromatic rings. The number of allylic oxidation sites excluding steroid dienone is 1. The second-order valence-corrected chi connectivity index (χ2v) is 4.42. The third kappa shape index (κ3) is 1.62. The van der Waals surface area contributed by atoms with Crippen LogP contribution in [0.15, 0.2) is 42.5 Å². The third-order valence-electron chi connectivity index (χ3n) is 3.34. The minimum atomic E-state index is -0.245. The topological polar surface area (TPSA) is 43.1 Å². The molecule has 0 aliphatic heterocycles. The van der Waals surface area contributed by atoms with Crippen molar-refractivity contribution >= 4 is 22.8 Å². The lowest BCUT2D eigenvalue weighted by Gasteiger charge is -2.19. The smallest absolute Gasteiger partial charge is 0.225 e. The number of carbonyl (C=O) groups is 1. The average Bonchev–Trinajstić information content (AvgIpc) is 2.35. The van der Waals surface area contributed by atoms with Crippen LogP contribution in [-0.2, 0) is 4.79 Å². The maximum Gasteiger partial charge on any atom is 0.225 e. The van der Waals surface area contributed by atoms with Gasteiger partial charge >= 0.3 is 0 Å². The molecule has 2 heteroatoms. The van der Waals surface area contributed by atoms with Crippen molar-refractivity contribution in [3.05, 3.63) is 53.6 Å². The molecule has 0 aromatic heterocycles. The first-order valence-electron chi connectivity index (χ1n) is 5.74. The van der Waals surface area contributed by atoms with Crippen LogP contribution in [0.25, 0.3) is 16.8 Å². The summed E-state index contributed by atoms with van der Waals surface area (Å²) in [6.45, 7) is 0. The van der Waals surface area contributed by atoms with E-state index in [1.807, 2.05) is 18.2 Å². The number of carbonyl (C=O) groups excluding carboxylic acids is 1. The monoisotopic (exact) mass is 223 g/mol. The molecular weight excluding hydrogens is 210 g/mol. The zero-order valence-electron chi connectivity index (χ0n) is 9.39. The number of benzene rings is 2. The Hall–Kier alpha value is -2.09. The van der Waals surface area contributed by atoms with Crippen molar-refractivity contribution in [2.45, 2.75) is 12.3 Å². The summed E-state index contributed by atoms with van der Waals surface area (Å²) in [5, 5.41) is 2.36. The predicted octanol–water partition coefficient (Wildman–Crippen LogP) is 2.83. The Kier molecular flexibility index (Phi) is 2.22. The van der Waals surface area contributed by atoms with Gasteiger partial charge in [-0.1, -0.05) is 36.4 Å². The van der Waals surface area contributed by atoms with E-state index < -0.39 is 0 Å². The number of nitrogens with two attached hydrogens (primary N) is 1. The highest BCUT2D eigenvalue weighted by Gasteiger charge is 2.22.